The van der Waals surface area contributed by atoms with E-state index < -0.39 is 5.82 Å². The van der Waals surface area contributed by atoms with E-state index in [0.29, 0.717) is 23.8 Å². The number of carbonyl (C=O) groups is 1. The van der Waals surface area contributed by atoms with Gasteiger partial charge in [-0.3, -0.25) is 4.79 Å². The molecule has 2 aromatic rings. The number of hydrogen-bond acceptors (Lipinski definition) is 4. The molecule has 0 aliphatic carbocycles. The summed E-state index contributed by atoms with van der Waals surface area (Å²) in [4.78, 5) is 12.2. The van der Waals surface area contributed by atoms with E-state index in [1.54, 1.807) is 12.1 Å². The topological polar surface area (TPSA) is 56.8 Å². The molecule has 0 bridgehead atoms. The van der Waals surface area contributed by atoms with E-state index in [1.165, 1.54) is 18.2 Å². The van der Waals surface area contributed by atoms with E-state index in [2.05, 4.69) is 5.32 Å². The highest BCUT2D eigenvalue weighted by Crippen LogP contribution is 2.38. The summed E-state index contributed by atoms with van der Waals surface area (Å²) in [5, 5.41) is 2.76. The van der Waals surface area contributed by atoms with Crippen LogP contribution in [0, 0.1) is 5.82 Å². The number of nitrogens with one attached hydrogen (secondary N) is 1. The van der Waals surface area contributed by atoms with Crippen molar-refractivity contribution in [1.82, 2.24) is 0 Å². The van der Waals surface area contributed by atoms with Crippen molar-refractivity contribution in [2.75, 3.05) is 18.5 Å². The molecule has 0 aromatic heterocycles. The largest absolute Gasteiger partial charge is 0.492 e. The molecule has 1 aliphatic rings. The number of fused-ring (bicyclic) bond motifs is 1. The first-order valence-electron chi connectivity index (χ1n) is 8.19. The summed E-state index contributed by atoms with van der Waals surface area (Å²) in [5.74, 6) is 0.860. The van der Waals surface area contributed by atoms with Gasteiger partial charge in [-0.15, -0.1) is 0 Å². The fraction of sp³-hybridized carbons (Fsp3) is 0.316. The number of hydrogen-bond donors (Lipinski definition) is 1. The van der Waals surface area contributed by atoms with Gasteiger partial charge >= 0.3 is 0 Å². The summed E-state index contributed by atoms with van der Waals surface area (Å²) in [6, 6.07) is 9.31. The summed E-state index contributed by atoms with van der Waals surface area (Å²) in [6.45, 7) is 4.12. The minimum absolute atomic E-state index is 0.103. The molecule has 5 nitrogen and oxygen atoms in total. The normalized spacial score (nSPS) is 15.2. The maximum absolute atomic E-state index is 13.1. The van der Waals surface area contributed by atoms with Crippen molar-refractivity contribution < 1.29 is 23.4 Å². The number of anilines is 1. The van der Waals surface area contributed by atoms with Gasteiger partial charge in [0.25, 0.3) is 5.91 Å². The van der Waals surface area contributed by atoms with Gasteiger partial charge in [0, 0.05) is 24.1 Å². The Labute approximate surface area is 145 Å². The van der Waals surface area contributed by atoms with Gasteiger partial charge in [-0.25, -0.2) is 4.39 Å². The molecule has 0 saturated heterocycles. The molecule has 6 heteroatoms. The number of carbonyl (C=O) groups excluding carboxylic acids is 1. The minimum atomic E-state index is -0.415. The van der Waals surface area contributed by atoms with Crippen molar-refractivity contribution in [3.05, 3.63) is 47.8 Å². The summed E-state index contributed by atoms with van der Waals surface area (Å²) in [5.41, 5.74) is 1.59. The first kappa shape index (κ1) is 17.1. The van der Waals surface area contributed by atoms with Gasteiger partial charge in [-0.05, 0) is 32.0 Å². The van der Waals surface area contributed by atoms with Crippen LogP contribution in [0.3, 0.4) is 0 Å². The molecule has 2 aromatic carbocycles. The van der Waals surface area contributed by atoms with E-state index in [1.807, 2.05) is 19.9 Å². The number of ether oxygens (including phenoxy) is 3. The molecule has 1 amide bonds. The molecular formula is C19H20FNO4. The molecule has 25 heavy (non-hydrogen) atoms. The minimum Gasteiger partial charge on any atom is -0.492 e. The molecule has 132 valence electrons. The molecule has 1 heterocycles. The second-order valence-corrected chi connectivity index (χ2v) is 5.82. The Morgan fingerprint density at radius 2 is 2.16 bits per heavy atom. The first-order chi connectivity index (χ1) is 12.0. The molecular weight excluding hydrogens is 325 g/mol. The maximum atomic E-state index is 13.1. The molecule has 0 fully saturated rings. The van der Waals surface area contributed by atoms with Crippen LogP contribution in [-0.2, 0) is 11.2 Å². The number of amides is 1. The Morgan fingerprint density at radius 3 is 2.92 bits per heavy atom. The van der Waals surface area contributed by atoms with Gasteiger partial charge < -0.3 is 19.5 Å². The smallest absolute Gasteiger partial charge is 0.262 e. The lowest BCUT2D eigenvalue weighted by Crippen LogP contribution is -2.20. The molecule has 0 radical (unpaired) electrons. The summed E-state index contributed by atoms with van der Waals surface area (Å²) in [7, 11) is 0. The fourth-order valence-electron chi connectivity index (χ4n) is 2.70. The van der Waals surface area contributed by atoms with Gasteiger partial charge in [0.15, 0.2) is 6.61 Å². The van der Waals surface area contributed by atoms with Crippen molar-refractivity contribution in [3.8, 4) is 17.2 Å². The van der Waals surface area contributed by atoms with Gasteiger partial charge in [0.1, 0.15) is 29.2 Å². The molecule has 0 saturated carbocycles. The van der Waals surface area contributed by atoms with Crippen molar-refractivity contribution in [3.63, 3.8) is 0 Å². The summed E-state index contributed by atoms with van der Waals surface area (Å²) in [6.07, 6.45) is 0.915. The first-order valence-corrected chi connectivity index (χ1v) is 8.19. The highest BCUT2D eigenvalue weighted by Gasteiger charge is 2.22. The highest BCUT2D eigenvalue weighted by atomic mass is 19.1. The van der Waals surface area contributed by atoms with Crippen LogP contribution in [-0.4, -0.2) is 25.2 Å². The van der Waals surface area contributed by atoms with E-state index in [4.69, 9.17) is 14.2 Å². The average molecular weight is 345 g/mol. The maximum Gasteiger partial charge on any atom is 0.262 e. The van der Waals surface area contributed by atoms with Crippen LogP contribution >= 0.6 is 0 Å². The third-order valence-electron chi connectivity index (χ3n) is 3.74. The lowest BCUT2D eigenvalue weighted by Gasteiger charge is -2.14. The highest BCUT2D eigenvalue weighted by molar-refractivity contribution is 5.93. The average Bonchev–Trinajstić information content (AvgIpc) is 2.92. The molecule has 1 unspecified atom stereocenters. The third kappa shape index (κ3) is 4.21. The third-order valence-corrected chi connectivity index (χ3v) is 3.74. The number of benzene rings is 2. The Kier molecular flexibility index (Phi) is 5.07. The molecule has 3 rings (SSSR count). The van der Waals surface area contributed by atoms with Gasteiger partial charge in [-0.2, -0.15) is 0 Å². The number of rotatable bonds is 6. The lowest BCUT2D eigenvalue weighted by molar-refractivity contribution is -0.118. The second-order valence-electron chi connectivity index (χ2n) is 5.82. The van der Waals surface area contributed by atoms with Crippen LogP contribution in [0.5, 0.6) is 17.2 Å². The standard InChI is InChI=1S/C19H20FNO4/c1-3-23-18-8-13-7-12(2)25-17(13)10-16(18)21-19(22)11-24-15-6-4-5-14(20)9-15/h4-6,8-10,12H,3,7,11H2,1-2H3,(H,21,22). The Bertz CT molecular complexity index is 778. The van der Waals surface area contributed by atoms with Crippen LogP contribution in [0.25, 0.3) is 0 Å². The van der Waals surface area contributed by atoms with Crippen molar-refractivity contribution in [2.45, 2.75) is 26.4 Å². The Balaban J connectivity index is 1.69. The molecule has 1 aliphatic heterocycles. The summed E-state index contributed by atoms with van der Waals surface area (Å²) < 4.78 is 29.8. The van der Waals surface area contributed by atoms with Crippen LogP contribution in [0.4, 0.5) is 10.1 Å². The quantitative estimate of drug-likeness (QED) is 0.870. The molecule has 0 spiro atoms. The van der Waals surface area contributed by atoms with E-state index in [-0.39, 0.29) is 18.6 Å². The van der Waals surface area contributed by atoms with Gasteiger partial charge in [0.05, 0.1) is 12.3 Å². The molecule has 1 N–H and O–H groups in total. The predicted molar refractivity (Wildman–Crippen MR) is 91.9 cm³/mol. The fourth-order valence-corrected chi connectivity index (χ4v) is 2.70. The van der Waals surface area contributed by atoms with Crippen molar-refractivity contribution in [1.29, 1.82) is 0 Å². The van der Waals surface area contributed by atoms with Crippen molar-refractivity contribution in [2.24, 2.45) is 0 Å². The van der Waals surface area contributed by atoms with E-state index in [9.17, 15) is 9.18 Å². The zero-order valence-corrected chi connectivity index (χ0v) is 14.2. The summed E-state index contributed by atoms with van der Waals surface area (Å²) >= 11 is 0. The van der Waals surface area contributed by atoms with Crippen molar-refractivity contribution >= 4 is 11.6 Å². The van der Waals surface area contributed by atoms with Gasteiger partial charge in [0.2, 0.25) is 0 Å². The van der Waals surface area contributed by atoms with Crippen LogP contribution in [0.2, 0.25) is 0 Å². The Morgan fingerprint density at radius 1 is 1.32 bits per heavy atom. The van der Waals surface area contributed by atoms with E-state index in [0.717, 1.165) is 17.7 Å². The monoisotopic (exact) mass is 345 g/mol. The van der Waals surface area contributed by atoms with Crippen LogP contribution in [0.1, 0.15) is 19.4 Å². The predicted octanol–water partition coefficient (Wildman–Crippen LogP) is 3.57. The zero-order chi connectivity index (χ0) is 17.8. The van der Waals surface area contributed by atoms with Crippen LogP contribution in [0.15, 0.2) is 36.4 Å². The zero-order valence-electron chi connectivity index (χ0n) is 14.2. The van der Waals surface area contributed by atoms with Crippen LogP contribution < -0.4 is 19.5 Å². The number of halogens is 1. The SMILES string of the molecule is CCOc1cc2c(cc1NC(=O)COc1cccc(F)c1)OC(C)C2. The Hall–Kier alpha value is -2.76. The lowest BCUT2D eigenvalue weighted by atomic mass is 10.1. The molecule has 1 atom stereocenters. The van der Waals surface area contributed by atoms with Gasteiger partial charge in [-0.1, -0.05) is 6.07 Å². The van der Waals surface area contributed by atoms with E-state index >= 15 is 0 Å². The second kappa shape index (κ2) is 7.42.